The summed E-state index contributed by atoms with van der Waals surface area (Å²) >= 11 is -0.810. The number of fused-ring (bicyclic) bond motifs is 3. The van der Waals surface area contributed by atoms with E-state index in [1.807, 2.05) is 32.0 Å². The van der Waals surface area contributed by atoms with Crippen molar-refractivity contribution in [3.05, 3.63) is 81.8 Å². The Kier molecular flexibility index (Phi) is 6.67. The zero-order valence-corrected chi connectivity index (χ0v) is 21.0. The lowest BCUT2D eigenvalue weighted by molar-refractivity contribution is 0.305. The van der Waals surface area contributed by atoms with Crippen LogP contribution >= 0.6 is 0 Å². The number of hydrogen-bond acceptors (Lipinski definition) is 3. The van der Waals surface area contributed by atoms with Crippen LogP contribution in [0.3, 0.4) is 0 Å². The number of hydrogen-bond donors (Lipinski definition) is 0. The van der Waals surface area contributed by atoms with Crippen LogP contribution in [0.5, 0.6) is 5.88 Å². The molecule has 1 aromatic heterocycles. The second kappa shape index (κ2) is 9.71. The average Bonchev–Trinajstić information content (AvgIpc) is 3.47. The number of aromatic nitrogens is 1. The van der Waals surface area contributed by atoms with Gasteiger partial charge in [-0.1, -0.05) is 35.4 Å². The zero-order valence-electron chi connectivity index (χ0n) is 20.2. The number of halogens is 1. The van der Waals surface area contributed by atoms with E-state index >= 15 is 0 Å². The van der Waals surface area contributed by atoms with Crippen LogP contribution in [0, 0.1) is 25.6 Å². The van der Waals surface area contributed by atoms with Gasteiger partial charge in [-0.05, 0) is 96.9 Å². The lowest BCUT2D eigenvalue weighted by Gasteiger charge is -2.14. The van der Waals surface area contributed by atoms with Gasteiger partial charge in [-0.15, -0.1) is 0 Å². The van der Waals surface area contributed by atoms with Gasteiger partial charge in [-0.25, -0.2) is 9.37 Å². The maximum Gasteiger partial charge on any atom is 0.213 e. The number of aryl methyl sites for hydroxylation is 4. The topological polar surface area (TPSA) is 45.2 Å². The maximum atomic E-state index is 14.7. The van der Waals surface area contributed by atoms with Crippen molar-refractivity contribution in [3.8, 4) is 17.0 Å². The Morgan fingerprint density at radius 1 is 1.12 bits per heavy atom. The van der Waals surface area contributed by atoms with Gasteiger partial charge in [0.1, 0.15) is 11.6 Å². The molecule has 0 N–H and O–H groups in total. The highest BCUT2D eigenvalue weighted by Gasteiger charge is 2.44. The summed E-state index contributed by atoms with van der Waals surface area (Å²) in [6, 6.07) is 14.2. The molecule has 3 aromatic rings. The third kappa shape index (κ3) is 5.01. The largest absolute Gasteiger partial charge is 0.617 e. The standard InChI is InChI=1S/C29H32FNO2S/c1-18-13-28(33-11-4-12-34(3)32)31-19(2)29(18)22-8-10-27(30)21(15-22)7-5-20-6-9-25-23(14-20)16-24-17-26(24)25/h6,8-10,13-15,24,26H,4-5,7,11-12,16-17H2,1-3H3/t24-,26+,34?/m0/s1. The first kappa shape index (κ1) is 23.4. The van der Waals surface area contributed by atoms with Crippen LogP contribution < -0.4 is 4.74 Å². The van der Waals surface area contributed by atoms with Gasteiger partial charge >= 0.3 is 0 Å². The molecule has 0 bridgehead atoms. The Morgan fingerprint density at radius 3 is 2.76 bits per heavy atom. The van der Waals surface area contributed by atoms with Crippen molar-refractivity contribution >= 4 is 11.2 Å². The second-order valence-corrected chi connectivity index (χ2v) is 11.4. The summed E-state index contributed by atoms with van der Waals surface area (Å²) < 4.78 is 31.7. The van der Waals surface area contributed by atoms with Gasteiger partial charge in [0.25, 0.3) is 0 Å². The molecule has 0 amide bonds. The van der Waals surface area contributed by atoms with Gasteiger partial charge in [0.05, 0.1) is 12.9 Å². The highest BCUT2D eigenvalue weighted by Crippen LogP contribution is 2.56. The van der Waals surface area contributed by atoms with Gasteiger partial charge < -0.3 is 9.29 Å². The average molecular weight is 478 g/mol. The number of rotatable bonds is 9. The van der Waals surface area contributed by atoms with Crippen LogP contribution in [-0.4, -0.2) is 28.2 Å². The maximum absolute atomic E-state index is 14.7. The van der Waals surface area contributed by atoms with Crippen molar-refractivity contribution in [1.29, 1.82) is 0 Å². The monoisotopic (exact) mass is 477 g/mol. The normalized spacial score (nSPS) is 19.0. The first-order valence-electron chi connectivity index (χ1n) is 12.2. The van der Waals surface area contributed by atoms with E-state index in [9.17, 15) is 8.94 Å². The third-order valence-electron chi connectivity index (χ3n) is 7.23. The molecule has 0 radical (unpaired) electrons. The quantitative estimate of drug-likeness (QED) is 0.276. The van der Waals surface area contributed by atoms with Gasteiger partial charge in [-0.2, -0.15) is 0 Å². The molecular weight excluding hydrogens is 445 g/mol. The molecule has 1 unspecified atom stereocenters. The van der Waals surface area contributed by atoms with Crippen LogP contribution in [0.2, 0.25) is 0 Å². The van der Waals surface area contributed by atoms with Gasteiger partial charge in [0.15, 0.2) is 0 Å². The fraction of sp³-hybridized carbons (Fsp3) is 0.414. The minimum absolute atomic E-state index is 0.150. The third-order valence-corrected chi connectivity index (χ3v) is 8.09. The Labute approximate surface area is 205 Å². The molecule has 0 saturated heterocycles. The molecule has 2 aliphatic carbocycles. The van der Waals surface area contributed by atoms with E-state index in [1.54, 1.807) is 17.9 Å². The molecule has 178 valence electrons. The predicted molar refractivity (Wildman–Crippen MR) is 137 cm³/mol. The molecule has 34 heavy (non-hydrogen) atoms. The van der Waals surface area contributed by atoms with E-state index in [0.717, 1.165) is 52.6 Å². The predicted octanol–water partition coefficient (Wildman–Crippen LogP) is 6.10. The molecule has 5 heteroatoms. The molecule has 1 heterocycles. The number of pyridine rings is 1. The number of ether oxygens (including phenoxy) is 1. The van der Waals surface area contributed by atoms with E-state index < -0.39 is 11.2 Å². The fourth-order valence-electron chi connectivity index (χ4n) is 5.44. The van der Waals surface area contributed by atoms with E-state index in [4.69, 9.17) is 4.74 Å². The van der Waals surface area contributed by atoms with Crippen LogP contribution in [0.1, 0.15) is 52.3 Å². The van der Waals surface area contributed by atoms with E-state index in [-0.39, 0.29) is 5.82 Å². The second-order valence-electron chi connectivity index (χ2n) is 9.86. The molecule has 3 nitrogen and oxygen atoms in total. The molecule has 2 aliphatic rings. The Balaban J connectivity index is 1.29. The summed E-state index contributed by atoms with van der Waals surface area (Å²) in [5.41, 5.74) is 9.03. The summed E-state index contributed by atoms with van der Waals surface area (Å²) in [6.07, 6.45) is 6.54. The smallest absolute Gasteiger partial charge is 0.213 e. The summed E-state index contributed by atoms with van der Waals surface area (Å²) in [7, 11) is 0. The number of benzene rings is 2. The van der Waals surface area contributed by atoms with Crippen LogP contribution in [0.4, 0.5) is 4.39 Å². The lowest BCUT2D eigenvalue weighted by Crippen LogP contribution is -2.09. The lowest BCUT2D eigenvalue weighted by atomic mass is 9.94. The molecule has 0 spiro atoms. The SMILES string of the molecule is Cc1cc(OCCC[S+](C)[O-])nc(C)c1-c1ccc(F)c(CCc2ccc3c(c2)C[C@H]2C[C@@H]32)c1. The molecular formula is C29H32FNO2S. The fourth-order valence-corrected chi connectivity index (χ4v) is 5.96. The van der Waals surface area contributed by atoms with E-state index in [2.05, 4.69) is 23.2 Å². The minimum Gasteiger partial charge on any atom is -0.617 e. The summed E-state index contributed by atoms with van der Waals surface area (Å²) in [5, 5.41) is 0. The molecule has 1 saturated carbocycles. The van der Waals surface area contributed by atoms with Gasteiger partial charge in [-0.3, -0.25) is 0 Å². The highest BCUT2D eigenvalue weighted by molar-refractivity contribution is 7.90. The highest BCUT2D eigenvalue weighted by atomic mass is 32.2. The van der Waals surface area contributed by atoms with Crippen molar-refractivity contribution in [2.45, 2.75) is 51.9 Å². The van der Waals surface area contributed by atoms with Crippen LogP contribution in [0.15, 0.2) is 42.5 Å². The Morgan fingerprint density at radius 2 is 1.97 bits per heavy atom. The summed E-state index contributed by atoms with van der Waals surface area (Å²) in [5.74, 6) is 2.76. The Hall–Kier alpha value is -2.37. The first-order valence-corrected chi connectivity index (χ1v) is 13.9. The molecule has 5 rings (SSSR count). The molecule has 3 atom stereocenters. The van der Waals surface area contributed by atoms with Crippen LogP contribution in [0.25, 0.3) is 11.1 Å². The van der Waals surface area contributed by atoms with Crippen molar-refractivity contribution in [2.75, 3.05) is 18.6 Å². The van der Waals surface area contributed by atoms with Gasteiger partial charge in [0, 0.05) is 23.7 Å². The van der Waals surface area contributed by atoms with Crippen molar-refractivity contribution < 1.29 is 13.7 Å². The van der Waals surface area contributed by atoms with Crippen molar-refractivity contribution in [2.24, 2.45) is 5.92 Å². The number of nitrogens with zero attached hydrogens (tertiary/aromatic N) is 1. The molecule has 1 fully saturated rings. The van der Waals surface area contributed by atoms with E-state index in [1.165, 1.54) is 24.0 Å². The zero-order chi connectivity index (χ0) is 23.8. The van der Waals surface area contributed by atoms with Crippen LogP contribution in [-0.2, 0) is 30.4 Å². The van der Waals surface area contributed by atoms with Gasteiger partial charge in [0.2, 0.25) is 5.88 Å². The summed E-state index contributed by atoms with van der Waals surface area (Å²) in [4.78, 5) is 4.62. The van der Waals surface area contributed by atoms with Crippen molar-refractivity contribution in [1.82, 2.24) is 4.98 Å². The first-order chi connectivity index (χ1) is 16.4. The minimum atomic E-state index is -0.810. The van der Waals surface area contributed by atoms with Crippen molar-refractivity contribution in [3.63, 3.8) is 0 Å². The molecule has 2 aromatic carbocycles. The molecule has 0 aliphatic heterocycles. The Bertz CT molecular complexity index is 1190. The van der Waals surface area contributed by atoms with E-state index in [0.29, 0.717) is 24.7 Å². The summed E-state index contributed by atoms with van der Waals surface area (Å²) in [6.45, 7) is 4.50.